The average Bonchev–Trinajstić information content (AvgIpc) is 3.32. The molecule has 2 bridgehead atoms. The van der Waals surface area contributed by atoms with Crippen LogP contribution in [-0.4, -0.2) is 47.1 Å². The first-order valence-electron chi connectivity index (χ1n) is 9.35. The number of amides is 1. The summed E-state index contributed by atoms with van der Waals surface area (Å²) in [6, 6.07) is 5.16. The maximum absolute atomic E-state index is 12.5. The lowest BCUT2D eigenvalue weighted by atomic mass is 10.2. The van der Waals surface area contributed by atoms with Crippen molar-refractivity contribution in [3.8, 4) is 0 Å². The van der Waals surface area contributed by atoms with Gasteiger partial charge in [-0.3, -0.25) is 4.79 Å². The highest BCUT2D eigenvalue weighted by Crippen LogP contribution is 2.36. The van der Waals surface area contributed by atoms with Crippen molar-refractivity contribution in [3.63, 3.8) is 0 Å². The molecule has 0 spiro atoms. The van der Waals surface area contributed by atoms with Crippen molar-refractivity contribution in [1.82, 2.24) is 20.6 Å². The fourth-order valence-corrected chi connectivity index (χ4v) is 5.55. The molecule has 3 aliphatic rings. The van der Waals surface area contributed by atoms with E-state index in [9.17, 15) is 4.79 Å². The van der Waals surface area contributed by atoms with Gasteiger partial charge >= 0.3 is 0 Å². The first kappa shape index (κ1) is 15.5. The van der Waals surface area contributed by atoms with Crippen molar-refractivity contribution in [2.75, 3.05) is 18.0 Å². The third kappa shape index (κ3) is 2.79. The second-order valence-electron chi connectivity index (χ2n) is 7.42. The van der Waals surface area contributed by atoms with Crippen LogP contribution in [0.25, 0.3) is 10.3 Å². The first-order chi connectivity index (χ1) is 12.3. The molecule has 2 unspecified atom stereocenters. The van der Waals surface area contributed by atoms with Crippen molar-refractivity contribution in [1.29, 1.82) is 0 Å². The zero-order valence-corrected chi connectivity index (χ0v) is 15.0. The highest BCUT2D eigenvalue weighted by molar-refractivity contribution is 7.21. The summed E-state index contributed by atoms with van der Waals surface area (Å²) in [7, 11) is 0. The van der Waals surface area contributed by atoms with Gasteiger partial charge in [0.2, 0.25) is 0 Å². The van der Waals surface area contributed by atoms with Gasteiger partial charge in [0.05, 0.1) is 0 Å². The van der Waals surface area contributed by atoms with Gasteiger partial charge in [-0.05, 0) is 37.8 Å². The Morgan fingerprint density at radius 3 is 2.64 bits per heavy atom. The van der Waals surface area contributed by atoms with E-state index in [0.717, 1.165) is 41.4 Å². The summed E-state index contributed by atoms with van der Waals surface area (Å²) in [6.45, 7) is 2.07. The smallest absolute Gasteiger partial charge is 0.270 e. The van der Waals surface area contributed by atoms with Crippen LogP contribution in [0.1, 0.15) is 49.0 Å². The Hall–Kier alpha value is -1.73. The van der Waals surface area contributed by atoms with E-state index in [1.54, 1.807) is 11.3 Å². The molecular formula is C18H23N5OS. The molecule has 2 aromatic rings. The van der Waals surface area contributed by atoms with E-state index in [0.29, 0.717) is 23.8 Å². The van der Waals surface area contributed by atoms with Crippen LogP contribution in [0.2, 0.25) is 0 Å². The molecule has 132 valence electrons. The number of aromatic nitrogens is 2. The van der Waals surface area contributed by atoms with Gasteiger partial charge in [-0.15, -0.1) is 0 Å². The van der Waals surface area contributed by atoms with Crippen LogP contribution in [0.5, 0.6) is 0 Å². The number of rotatable bonds is 3. The molecule has 0 radical (unpaired) electrons. The molecule has 25 heavy (non-hydrogen) atoms. The number of anilines is 1. The maximum atomic E-state index is 12.5. The van der Waals surface area contributed by atoms with Crippen LogP contribution in [0.15, 0.2) is 12.1 Å². The normalized spacial score (nSPS) is 26.5. The minimum absolute atomic E-state index is 0.0500. The summed E-state index contributed by atoms with van der Waals surface area (Å²) in [6.07, 6.45) is 7.06. The molecule has 5 rings (SSSR count). The third-order valence-corrected chi connectivity index (χ3v) is 6.75. The number of fused-ring (bicyclic) bond motifs is 3. The number of pyridine rings is 1. The van der Waals surface area contributed by atoms with E-state index in [1.165, 1.54) is 25.7 Å². The number of thiazole rings is 1. The van der Waals surface area contributed by atoms with E-state index in [2.05, 4.69) is 20.5 Å². The van der Waals surface area contributed by atoms with Gasteiger partial charge in [-0.2, -0.15) is 0 Å². The topological polar surface area (TPSA) is 70.2 Å². The summed E-state index contributed by atoms with van der Waals surface area (Å²) < 4.78 is 0. The Labute approximate surface area is 151 Å². The molecule has 4 heterocycles. The molecule has 1 saturated carbocycles. The molecule has 3 fully saturated rings. The molecule has 7 heteroatoms. The van der Waals surface area contributed by atoms with E-state index < -0.39 is 0 Å². The number of nitrogens with one attached hydrogen (secondary N) is 2. The lowest BCUT2D eigenvalue weighted by Gasteiger charge is -2.34. The summed E-state index contributed by atoms with van der Waals surface area (Å²) in [5.74, 6) is -0.0500. The van der Waals surface area contributed by atoms with E-state index in [-0.39, 0.29) is 5.91 Å². The molecular weight excluding hydrogens is 334 g/mol. The van der Waals surface area contributed by atoms with E-state index >= 15 is 0 Å². The number of piperazine rings is 1. The van der Waals surface area contributed by atoms with Crippen LogP contribution in [0.3, 0.4) is 0 Å². The van der Waals surface area contributed by atoms with Crippen LogP contribution in [-0.2, 0) is 0 Å². The van der Waals surface area contributed by atoms with Crippen molar-refractivity contribution >= 4 is 32.7 Å². The van der Waals surface area contributed by atoms with Crippen molar-refractivity contribution in [2.45, 2.75) is 56.7 Å². The molecule has 6 nitrogen and oxygen atoms in total. The highest BCUT2D eigenvalue weighted by atomic mass is 32.1. The molecule has 0 aromatic carbocycles. The van der Waals surface area contributed by atoms with Gasteiger partial charge < -0.3 is 15.5 Å². The Balaban J connectivity index is 1.40. The Bertz CT molecular complexity index is 784. The maximum Gasteiger partial charge on any atom is 0.270 e. The number of nitrogens with zero attached hydrogens (tertiary/aromatic N) is 3. The van der Waals surface area contributed by atoms with E-state index in [1.807, 2.05) is 12.1 Å². The average molecular weight is 357 g/mol. The van der Waals surface area contributed by atoms with Gasteiger partial charge in [0.1, 0.15) is 16.0 Å². The summed E-state index contributed by atoms with van der Waals surface area (Å²) in [5.41, 5.74) is 1.41. The fourth-order valence-electron chi connectivity index (χ4n) is 4.46. The summed E-state index contributed by atoms with van der Waals surface area (Å²) >= 11 is 1.62. The minimum Gasteiger partial charge on any atom is -0.348 e. The van der Waals surface area contributed by atoms with Crippen LogP contribution >= 0.6 is 11.3 Å². The predicted octanol–water partition coefficient (Wildman–Crippen LogP) is 2.30. The molecule has 1 amide bonds. The molecule has 2 saturated heterocycles. The molecule has 2 aromatic heterocycles. The van der Waals surface area contributed by atoms with Gasteiger partial charge in [0, 0.05) is 31.2 Å². The number of carbonyl (C=O) groups excluding carboxylic acids is 1. The number of carbonyl (C=O) groups is 1. The van der Waals surface area contributed by atoms with Crippen LogP contribution in [0, 0.1) is 0 Å². The molecule has 2 aliphatic heterocycles. The number of hydrogen-bond acceptors (Lipinski definition) is 6. The Morgan fingerprint density at radius 2 is 1.88 bits per heavy atom. The van der Waals surface area contributed by atoms with Crippen LogP contribution < -0.4 is 15.5 Å². The molecule has 2 N–H and O–H groups in total. The third-order valence-electron chi connectivity index (χ3n) is 5.77. The molecule has 2 atom stereocenters. The largest absolute Gasteiger partial charge is 0.348 e. The van der Waals surface area contributed by atoms with Crippen molar-refractivity contribution in [3.05, 3.63) is 17.8 Å². The van der Waals surface area contributed by atoms with Gasteiger partial charge in [-0.1, -0.05) is 24.2 Å². The highest BCUT2D eigenvalue weighted by Gasteiger charge is 2.38. The zero-order chi connectivity index (χ0) is 16.8. The standard InChI is InChI=1S/C18H23N5OS/c24-16(20-11-3-1-2-4-11)14-7-8-15-17(21-14)25-18(22-15)23-12-5-6-13(23)10-19-9-12/h7-8,11-13,19H,1-6,9-10H2,(H,20,24). The van der Waals surface area contributed by atoms with Crippen LogP contribution in [0.4, 0.5) is 5.13 Å². The van der Waals surface area contributed by atoms with E-state index in [4.69, 9.17) is 4.98 Å². The Kier molecular flexibility index (Phi) is 3.86. The van der Waals surface area contributed by atoms with Crippen molar-refractivity contribution < 1.29 is 4.79 Å². The summed E-state index contributed by atoms with van der Waals surface area (Å²) in [4.78, 5) is 25.2. The summed E-state index contributed by atoms with van der Waals surface area (Å²) in [5, 5.41) is 7.68. The first-order valence-corrected chi connectivity index (χ1v) is 10.2. The lowest BCUT2D eigenvalue weighted by Crippen LogP contribution is -2.51. The SMILES string of the molecule is O=C(NC1CCCC1)c1ccc2nc(N3C4CCC3CNC4)sc2n1. The minimum atomic E-state index is -0.0500. The van der Waals surface area contributed by atoms with Gasteiger partial charge in [-0.25, -0.2) is 9.97 Å². The van der Waals surface area contributed by atoms with Gasteiger partial charge in [0.25, 0.3) is 5.91 Å². The Morgan fingerprint density at radius 1 is 1.12 bits per heavy atom. The lowest BCUT2D eigenvalue weighted by molar-refractivity contribution is 0.0933. The zero-order valence-electron chi connectivity index (χ0n) is 14.2. The fraction of sp³-hybridized carbons (Fsp3) is 0.611. The van der Waals surface area contributed by atoms with Crippen molar-refractivity contribution in [2.24, 2.45) is 0 Å². The molecule has 1 aliphatic carbocycles. The second kappa shape index (κ2) is 6.21. The monoisotopic (exact) mass is 357 g/mol. The predicted molar refractivity (Wildman–Crippen MR) is 99.3 cm³/mol. The second-order valence-corrected chi connectivity index (χ2v) is 8.38. The quantitative estimate of drug-likeness (QED) is 0.882. The number of hydrogen-bond donors (Lipinski definition) is 2. The van der Waals surface area contributed by atoms with Gasteiger partial charge in [0.15, 0.2) is 5.13 Å².